The van der Waals surface area contributed by atoms with E-state index in [4.69, 9.17) is 17.5 Å². The molecule has 1 heterocycles. The number of phenols is 1. The summed E-state index contributed by atoms with van der Waals surface area (Å²) in [6.07, 6.45) is 1.67. The number of aromatic hydroxyl groups is 1. The third-order valence-electron chi connectivity index (χ3n) is 1.61. The van der Waals surface area contributed by atoms with Gasteiger partial charge in [-0.1, -0.05) is 18.2 Å². The third kappa shape index (κ3) is 6.57. The van der Waals surface area contributed by atoms with E-state index in [1.165, 1.54) is 0 Å². The fourth-order valence-corrected chi connectivity index (χ4v) is 1.09. The van der Waals surface area contributed by atoms with E-state index in [9.17, 15) is 5.11 Å². The Bertz CT molecular complexity index is 573. The summed E-state index contributed by atoms with van der Waals surface area (Å²) < 4.78 is 31.6. The van der Waals surface area contributed by atoms with Gasteiger partial charge in [0.05, 0.1) is 0 Å². The molecule has 0 radical (unpaired) electrons. The molecule has 6 nitrogen and oxygen atoms in total. The predicted molar refractivity (Wildman–Crippen MR) is 64.7 cm³/mol. The summed E-state index contributed by atoms with van der Waals surface area (Å²) in [5.41, 5.74) is 0.662. The molecule has 2 rings (SSSR count). The van der Waals surface area contributed by atoms with Crippen LogP contribution in [0.5, 0.6) is 5.75 Å². The Morgan fingerprint density at radius 1 is 1.06 bits per heavy atom. The standard InChI is InChI=1S/C9H7NO.Na.H2O4S.H/c11-8-5-1-3-7-4-2-6-10-9(7)8;;1-5(2,3)4;/h1-6,11H;;(H2,1,2,3,4);. The summed E-state index contributed by atoms with van der Waals surface area (Å²) in [4.78, 5) is 4.03. The zero-order chi connectivity index (χ0) is 12.2. The molecule has 0 saturated heterocycles. The van der Waals surface area contributed by atoms with Gasteiger partial charge in [0.1, 0.15) is 11.3 Å². The van der Waals surface area contributed by atoms with Crippen molar-refractivity contribution in [2.45, 2.75) is 0 Å². The van der Waals surface area contributed by atoms with E-state index in [0.29, 0.717) is 5.52 Å². The number of nitrogens with zero attached hydrogens (tertiary/aromatic N) is 1. The molecule has 1 aromatic heterocycles. The van der Waals surface area contributed by atoms with E-state index in [0.717, 1.165) is 5.39 Å². The maximum absolute atomic E-state index is 9.31. The van der Waals surface area contributed by atoms with Crippen LogP contribution in [0.4, 0.5) is 0 Å². The van der Waals surface area contributed by atoms with Crippen LogP contribution < -0.4 is 0 Å². The van der Waals surface area contributed by atoms with Crippen molar-refractivity contribution in [2.24, 2.45) is 0 Å². The van der Waals surface area contributed by atoms with E-state index in [1.54, 1.807) is 18.3 Å². The number of aromatic nitrogens is 1. The number of benzene rings is 1. The van der Waals surface area contributed by atoms with Crippen LogP contribution in [0.15, 0.2) is 36.5 Å². The molecule has 3 N–H and O–H groups in total. The Balaban J connectivity index is 0.000000373. The fraction of sp³-hybridized carbons (Fsp3) is 0. The van der Waals surface area contributed by atoms with Gasteiger partial charge in [-0.05, 0) is 12.1 Å². The maximum atomic E-state index is 9.31. The van der Waals surface area contributed by atoms with Gasteiger partial charge in [0.2, 0.25) is 0 Å². The summed E-state index contributed by atoms with van der Waals surface area (Å²) in [6.45, 7) is 0. The number of phenolic OH excluding ortho intramolecular Hbond substituents is 1. The van der Waals surface area contributed by atoms with Gasteiger partial charge in [-0.15, -0.1) is 0 Å². The van der Waals surface area contributed by atoms with Crippen molar-refractivity contribution in [2.75, 3.05) is 0 Å². The molecular weight excluding hydrogens is 257 g/mol. The van der Waals surface area contributed by atoms with Crippen LogP contribution in [-0.4, -0.2) is 57.2 Å². The van der Waals surface area contributed by atoms with Gasteiger partial charge < -0.3 is 5.11 Å². The van der Waals surface area contributed by atoms with Crippen molar-refractivity contribution in [3.63, 3.8) is 0 Å². The molecule has 8 heteroatoms. The van der Waals surface area contributed by atoms with Gasteiger partial charge in [0, 0.05) is 11.6 Å². The first-order valence-corrected chi connectivity index (χ1v) is 5.50. The average Bonchev–Trinajstić information content (AvgIpc) is 2.16. The zero-order valence-electron chi connectivity index (χ0n) is 7.98. The van der Waals surface area contributed by atoms with Crippen molar-refractivity contribution >= 4 is 50.9 Å². The minimum absolute atomic E-state index is 0. The monoisotopic (exact) mass is 267 g/mol. The van der Waals surface area contributed by atoms with Gasteiger partial charge in [0.25, 0.3) is 0 Å². The molecular formula is C9H10NNaO5S. The molecule has 88 valence electrons. The molecule has 2 aromatic rings. The molecule has 0 aliphatic rings. The van der Waals surface area contributed by atoms with E-state index in [-0.39, 0.29) is 35.3 Å². The van der Waals surface area contributed by atoms with E-state index in [1.807, 2.05) is 18.2 Å². The van der Waals surface area contributed by atoms with Gasteiger partial charge in [-0.3, -0.25) is 14.1 Å². The molecule has 0 aliphatic heterocycles. The first-order valence-electron chi connectivity index (χ1n) is 4.10. The van der Waals surface area contributed by atoms with Crippen molar-refractivity contribution < 1.29 is 22.6 Å². The van der Waals surface area contributed by atoms with Crippen LogP contribution in [0.3, 0.4) is 0 Å². The number of hydrogen-bond donors (Lipinski definition) is 3. The van der Waals surface area contributed by atoms with Gasteiger partial charge in [0.15, 0.2) is 0 Å². The molecule has 0 atom stereocenters. The second-order valence-electron chi connectivity index (χ2n) is 2.80. The van der Waals surface area contributed by atoms with Crippen LogP contribution in [0.25, 0.3) is 10.9 Å². The van der Waals surface area contributed by atoms with E-state index < -0.39 is 10.4 Å². The van der Waals surface area contributed by atoms with Crippen molar-refractivity contribution in [3.8, 4) is 5.75 Å². The Morgan fingerprint density at radius 3 is 2.12 bits per heavy atom. The summed E-state index contributed by atoms with van der Waals surface area (Å²) in [6, 6.07) is 9.13. The molecule has 0 aliphatic carbocycles. The number of para-hydroxylation sites is 1. The van der Waals surface area contributed by atoms with Gasteiger partial charge in [-0.2, -0.15) is 8.42 Å². The third-order valence-corrected chi connectivity index (χ3v) is 1.61. The SMILES string of the molecule is O=S(=O)(O)O.Oc1cccc2cccnc12.[NaH]. The van der Waals surface area contributed by atoms with Gasteiger partial charge in [-0.25, -0.2) is 0 Å². The Morgan fingerprint density at radius 2 is 1.59 bits per heavy atom. The Hall–Kier alpha value is -0.700. The van der Waals surface area contributed by atoms with Crippen LogP contribution in [-0.2, 0) is 10.4 Å². The fourth-order valence-electron chi connectivity index (χ4n) is 1.09. The first kappa shape index (κ1) is 16.3. The molecule has 0 saturated carbocycles. The van der Waals surface area contributed by atoms with Crippen LogP contribution in [0.1, 0.15) is 0 Å². The zero-order valence-corrected chi connectivity index (χ0v) is 8.79. The van der Waals surface area contributed by atoms with Crippen LogP contribution in [0.2, 0.25) is 0 Å². The molecule has 0 unspecified atom stereocenters. The Labute approximate surface area is 120 Å². The first-order chi connectivity index (χ1) is 7.38. The second-order valence-corrected chi connectivity index (χ2v) is 3.70. The predicted octanol–water partition coefficient (Wildman–Crippen LogP) is 0.639. The molecule has 17 heavy (non-hydrogen) atoms. The minimum atomic E-state index is -4.67. The molecule has 0 amide bonds. The topological polar surface area (TPSA) is 108 Å². The summed E-state index contributed by atoms with van der Waals surface area (Å²) in [7, 11) is -4.67. The molecule has 1 aromatic carbocycles. The molecule has 0 fully saturated rings. The quantitative estimate of drug-likeness (QED) is 0.477. The second kappa shape index (κ2) is 6.90. The number of pyridine rings is 1. The Kier molecular flexibility index (Phi) is 6.61. The van der Waals surface area contributed by atoms with E-state index >= 15 is 0 Å². The number of hydrogen-bond acceptors (Lipinski definition) is 4. The van der Waals surface area contributed by atoms with Gasteiger partial charge >= 0.3 is 40.0 Å². The van der Waals surface area contributed by atoms with Crippen molar-refractivity contribution in [1.29, 1.82) is 0 Å². The molecule has 0 bridgehead atoms. The average molecular weight is 267 g/mol. The normalized spacial score (nSPS) is 10.0. The number of fused-ring (bicyclic) bond motifs is 1. The van der Waals surface area contributed by atoms with Crippen molar-refractivity contribution in [1.82, 2.24) is 4.98 Å². The number of rotatable bonds is 0. The summed E-state index contributed by atoms with van der Waals surface area (Å²) >= 11 is 0. The van der Waals surface area contributed by atoms with Crippen LogP contribution >= 0.6 is 0 Å². The summed E-state index contributed by atoms with van der Waals surface area (Å²) in [5.74, 6) is 0.239. The van der Waals surface area contributed by atoms with Crippen LogP contribution in [0, 0.1) is 0 Å². The summed E-state index contributed by atoms with van der Waals surface area (Å²) in [5, 5.41) is 10.3. The van der Waals surface area contributed by atoms with Crippen molar-refractivity contribution in [3.05, 3.63) is 36.5 Å². The molecule has 0 spiro atoms. The van der Waals surface area contributed by atoms with E-state index in [2.05, 4.69) is 4.98 Å².